The van der Waals surface area contributed by atoms with E-state index in [1.807, 2.05) is 13.8 Å². The highest BCUT2D eigenvalue weighted by molar-refractivity contribution is 7.92. The third kappa shape index (κ3) is 5.04. The number of hydrogen-bond donors (Lipinski definition) is 2. The number of anilines is 1. The maximum absolute atomic E-state index is 12.3. The Morgan fingerprint density at radius 1 is 0.840 bits per heavy atom. The van der Waals surface area contributed by atoms with Crippen molar-refractivity contribution in [1.29, 1.82) is 0 Å². The summed E-state index contributed by atoms with van der Waals surface area (Å²) in [7, 11) is -7.33. The maximum Gasteiger partial charge on any atom is 0.261 e. The standard InChI is InChI=1S/C17H22N2O4S2/c1-4-14(3)18-24(20,21)17-11-7-15(8-12-17)19-25(22,23)16-9-5-13(2)6-10-16/h5-12,14,18-19H,4H2,1-3H3/t14-/m0/s1. The van der Waals surface area contributed by atoms with Crippen LogP contribution in [-0.2, 0) is 20.0 Å². The Bertz CT molecular complexity index is 920. The van der Waals surface area contributed by atoms with Crippen molar-refractivity contribution in [3.63, 3.8) is 0 Å². The van der Waals surface area contributed by atoms with Crippen LogP contribution in [0, 0.1) is 6.92 Å². The molecule has 0 aliphatic carbocycles. The highest BCUT2D eigenvalue weighted by Gasteiger charge is 2.18. The summed E-state index contributed by atoms with van der Waals surface area (Å²) in [5.74, 6) is 0. The molecule has 25 heavy (non-hydrogen) atoms. The Hall–Kier alpha value is -1.90. The Morgan fingerprint density at radius 2 is 1.32 bits per heavy atom. The van der Waals surface area contributed by atoms with E-state index in [2.05, 4.69) is 9.44 Å². The normalized spacial score (nSPS) is 13.4. The van der Waals surface area contributed by atoms with Crippen LogP contribution < -0.4 is 9.44 Å². The fourth-order valence-corrected chi connectivity index (χ4v) is 4.44. The van der Waals surface area contributed by atoms with Crippen molar-refractivity contribution in [1.82, 2.24) is 4.72 Å². The second kappa shape index (κ2) is 7.55. The van der Waals surface area contributed by atoms with Crippen LogP contribution in [0.5, 0.6) is 0 Å². The molecule has 0 bridgehead atoms. The van der Waals surface area contributed by atoms with Gasteiger partial charge in [-0.05, 0) is 56.7 Å². The minimum absolute atomic E-state index is 0.0890. The lowest BCUT2D eigenvalue weighted by molar-refractivity contribution is 0.556. The van der Waals surface area contributed by atoms with Gasteiger partial charge in [-0.15, -0.1) is 0 Å². The molecule has 136 valence electrons. The molecule has 0 aliphatic rings. The molecule has 0 heterocycles. The summed E-state index contributed by atoms with van der Waals surface area (Å²) >= 11 is 0. The second-order valence-electron chi connectivity index (χ2n) is 5.87. The molecular weight excluding hydrogens is 360 g/mol. The van der Waals surface area contributed by atoms with E-state index in [0.717, 1.165) is 5.56 Å². The molecule has 0 saturated heterocycles. The van der Waals surface area contributed by atoms with E-state index >= 15 is 0 Å². The Kier molecular flexibility index (Phi) is 5.87. The smallest absolute Gasteiger partial charge is 0.261 e. The van der Waals surface area contributed by atoms with Crippen molar-refractivity contribution in [2.75, 3.05) is 4.72 Å². The Morgan fingerprint density at radius 3 is 1.84 bits per heavy atom. The van der Waals surface area contributed by atoms with Gasteiger partial charge in [0.25, 0.3) is 10.0 Å². The Labute approximate surface area is 149 Å². The zero-order chi connectivity index (χ0) is 18.7. The van der Waals surface area contributed by atoms with E-state index in [-0.39, 0.29) is 15.8 Å². The van der Waals surface area contributed by atoms with Gasteiger partial charge in [0.15, 0.2) is 0 Å². The number of sulfonamides is 2. The first-order valence-corrected chi connectivity index (χ1v) is 10.8. The van der Waals surface area contributed by atoms with Gasteiger partial charge in [0.1, 0.15) is 0 Å². The van der Waals surface area contributed by atoms with Crippen LogP contribution in [-0.4, -0.2) is 22.9 Å². The molecule has 0 aliphatic heterocycles. The van der Waals surface area contributed by atoms with Crippen LogP contribution in [0.2, 0.25) is 0 Å². The first-order valence-electron chi connectivity index (χ1n) is 7.86. The molecule has 1 atom stereocenters. The molecular formula is C17H22N2O4S2. The van der Waals surface area contributed by atoms with Crippen LogP contribution in [0.1, 0.15) is 25.8 Å². The molecule has 2 N–H and O–H groups in total. The van der Waals surface area contributed by atoms with E-state index < -0.39 is 20.0 Å². The van der Waals surface area contributed by atoms with Crippen molar-refractivity contribution < 1.29 is 16.8 Å². The number of aryl methyl sites for hydroxylation is 1. The highest BCUT2D eigenvalue weighted by Crippen LogP contribution is 2.19. The zero-order valence-corrected chi connectivity index (χ0v) is 16.0. The van der Waals surface area contributed by atoms with Crippen LogP contribution in [0.25, 0.3) is 0 Å². The summed E-state index contributed by atoms with van der Waals surface area (Å²) in [6, 6.07) is 11.9. The van der Waals surface area contributed by atoms with Crippen molar-refractivity contribution >= 4 is 25.7 Å². The fraction of sp³-hybridized carbons (Fsp3) is 0.294. The quantitative estimate of drug-likeness (QED) is 0.770. The van der Waals surface area contributed by atoms with Gasteiger partial charge in [-0.25, -0.2) is 21.6 Å². The van der Waals surface area contributed by atoms with E-state index in [1.54, 1.807) is 19.1 Å². The number of rotatable bonds is 7. The van der Waals surface area contributed by atoms with E-state index in [0.29, 0.717) is 12.1 Å². The Balaban J connectivity index is 2.19. The number of hydrogen-bond acceptors (Lipinski definition) is 4. The summed E-state index contributed by atoms with van der Waals surface area (Å²) < 4.78 is 54.1. The van der Waals surface area contributed by atoms with E-state index in [9.17, 15) is 16.8 Å². The summed E-state index contributed by atoms with van der Waals surface area (Å²) in [5.41, 5.74) is 1.25. The fourth-order valence-electron chi connectivity index (χ4n) is 2.05. The first kappa shape index (κ1) is 19.4. The minimum atomic E-state index is -3.72. The molecule has 0 aromatic heterocycles. The molecule has 0 saturated carbocycles. The van der Waals surface area contributed by atoms with Gasteiger partial charge in [-0.3, -0.25) is 4.72 Å². The SMILES string of the molecule is CC[C@H](C)NS(=O)(=O)c1ccc(NS(=O)(=O)c2ccc(C)cc2)cc1. The second-order valence-corrected chi connectivity index (χ2v) is 9.27. The molecule has 2 aromatic carbocycles. The third-order valence-electron chi connectivity index (χ3n) is 3.72. The van der Waals surface area contributed by atoms with E-state index in [1.165, 1.54) is 36.4 Å². The van der Waals surface area contributed by atoms with Crippen molar-refractivity contribution in [3.05, 3.63) is 54.1 Å². The van der Waals surface area contributed by atoms with Crippen LogP contribution in [0.15, 0.2) is 58.3 Å². The van der Waals surface area contributed by atoms with Gasteiger partial charge in [0, 0.05) is 11.7 Å². The summed E-state index contributed by atoms with van der Waals surface area (Å²) in [4.78, 5) is 0.235. The lowest BCUT2D eigenvalue weighted by Crippen LogP contribution is -2.31. The van der Waals surface area contributed by atoms with Gasteiger partial charge < -0.3 is 0 Å². The predicted octanol–water partition coefficient (Wildman–Crippen LogP) is 2.87. The van der Waals surface area contributed by atoms with Crippen LogP contribution in [0.3, 0.4) is 0 Å². The maximum atomic E-state index is 12.3. The number of nitrogens with one attached hydrogen (secondary N) is 2. The average Bonchev–Trinajstić information content (AvgIpc) is 2.55. The zero-order valence-electron chi connectivity index (χ0n) is 14.4. The number of benzene rings is 2. The third-order valence-corrected chi connectivity index (χ3v) is 6.72. The molecule has 2 aromatic rings. The van der Waals surface area contributed by atoms with Gasteiger partial charge in [-0.2, -0.15) is 0 Å². The molecule has 0 spiro atoms. The molecule has 0 unspecified atom stereocenters. The summed E-state index contributed by atoms with van der Waals surface area (Å²) in [5, 5.41) is 0. The van der Waals surface area contributed by atoms with Crippen LogP contribution in [0.4, 0.5) is 5.69 Å². The van der Waals surface area contributed by atoms with Crippen molar-refractivity contribution in [2.24, 2.45) is 0 Å². The monoisotopic (exact) mass is 382 g/mol. The molecule has 8 heteroatoms. The first-order chi connectivity index (χ1) is 11.6. The summed E-state index contributed by atoms with van der Waals surface area (Å²) in [6.45, 7) is 5.54. The van der Waals surface area contributed by atoms with Gasteiger partial charge in [0.2, 0.25) is 10.0 Å². The minimum Gasteiger partial charge on any atom is -0.280 e. The van der Waals surface area contributed by atoms with Crippen molar-refractivity contribution in [2.45, 2.75) is 43.0 Å². The molecule has 6 nitrogen and oxygen atoms in total. The van der Waals surface area contributed by atoms with Crippen molar-refractivity contribution in [3.8, 4) is 0 Å². The molecule has 0 fully saturated rings. The molecule has 0 radical (unpaired) electrons. The molecule has 0 amide bonds. The summed E-state index contributed by atoms with van der Waals surface area (Å²) in [6.07, 6.45) is 0.674. The molecule has 2 rings (SSSR count). The van der Waals surface area contributed by atoms with Crippen LogP contribution >= 0.6 is 0 Å². The lowest BCUT2D eigenvalue weighted by Gasteiger charge is -2.13. The van der Waals surface area contributed by atoms with E-state index in [4.69, 9.17) is 0 Å². The van der Waals surface area contributed by atoms with Gasteiger partial charge in [0.05, 0.1) is 9.79 Å². The largest absolute Gasteiger partial charge is 0.280 e. The topological polar surface area (TPSA) is 92.3 Å². The predicted molar refractivity (Wildman–Crippen MR) is 98.5 cm³/mol. The average molecular weight is 383 g/mol. The van der Waals surface area contributed by atoms with Gasteiger partial charge in [-0.1, -0.05) is 24.6 Å². The highest BCUT2D eigenvalue weighted by atomic mass is 32.2. The van der Waals surface area contributed by atoms with Gasteiger partial charge >= 0.3 is 0 Å². The lowest BCUT2D eigenvalue weighted by atomic mass is 10.2.